The largest absolute Gasteiger partial charge is 0.505 e. The number of rotatable bonds is 22. The van der Waals surface area contributed by atoms with Crippen molar-refractivity contribution < 1.29 is 61.5 Å². The third-order valence-corrected chi connectivity index (χ3v) is 13.2. The molecular formula is C49H58N10O13S. The van der Waals surface area contributed by atoms with Gasteiger partial charge in [-0.15, -0.1) is 5.11 Å². The van der Waals surface area contributed by atoms with Crippen LogP contribution in [0, 0.1) is 13.8 Å². The van der Waals surface area contributed by atoms with Crippen LogP contribution in [0.15, 0.2) is 87.9 Å². The first-order chi connectivity index (χ1) is 34.8. The number of carbonyl (C=O) groups is 7. The third-order valence-electron chi connectivity index (χ3n) is 12.3. The number of carbonyl (C=O) groups excluding carboxylic acids is 6. The minimum Gasteiger partial charge on any atom is -0.505 e. The van der Waals surface area contributed by atoms with Crippen LogP contribution in [-0.4, -0.2) is 163 Å². The number of carboxylic acids is 1. The van der Waals surface area contributed by atoms with E-state index in [-0.39, 0.29) is 73.8 Å². The smallest absolute Gasteiger partial charge is 0.317 e. The number of imide groups is 1. The van der Waals surface area contributed by atoms with Crippen molar-refractivity contribution in [2.24, 2.45) is 10.2 Å². The Morgan fingerprint density at radius 2 is 1.42 bits per heavy atom. The lowest BCUT2D eigenvalue weighted by Gasteiger charge is -2.26. The molecule has 0 bridgehead atoms. The lowest BCUT2D eigenvalue weighted by atomic mass is 10.00. The highest BCUT2D eigenvalue weighted by Gasteiger charge is 2.26. The highest BCUT2D eigenvalue weighted by molar-refractivity contribution is 7.86. The standard InChI is InChI=1S/C49H58N10O13S/c1-31-25-33(34-7-11-38(32(2)26-34)54-55-39-12-8-35-41(73(69,70)71)13-9-36(50)47(35)48(39)67)6-10-37(31)53-49(68)40(5-3-4-17-51-42(61)16-18-59-44(63)14-15-45(59)64)52-43(62)27-56-19-20-57(28-46(65)66)22-24-58(23-21-56)29-72-30-60/h6-15,25-26,30,40,67H,3-5,16-24,27-29,50H2,1-2H3,(H,51,61)(H,52,62)(H,53,68)(H,65,66)(H,69,70,71)/t40-/m1/s1. The number of nitrogens with zero attached hydrogens (tertiary/aromatic N) is 6. The molecule has 0 aliphatic carbocycles. The second kappa shape index (κ2) is 25.1. The number of nitrogens with two attached hydrogens (primary N) is 1. The number of phenols is 1. The summed E-state index contributed by atoms with van der Waals surface area (Å²) < 4.78 is 38.5. The molecule has 0 aromatic heterocycles. The first-order valence-electron chi connectivity index (χ1n) is 23.3. The summed E-state index contributed by atoms with van der Waals surface area (Å²) >= 11 is 0. The van der Waals surface area contributed by atoms with E-state index in [2.05, 4.69) is 26.2 Å². The number of carboxylic acid groups (broad SMARTS) is 1. The summed E-state index contributed by atoms with van der Waals surface area (Å²) in [6, 6.07) is 15.0. The Morgan fingerprint density at radius 3 is 2.05 bits per heavy atom. The predicted octanol–water partition coefficient (Wildman–Crippen LogP) is 3.23. The van der Waals surface area contributed by atoms with E-state index in [4.69, 9.17) is 10.5 Å². The summed E-state index contributed by atoms with van der Waals surface area (Å²) in [6.07, 6.45) is 3.26. The van der Waals surface area contributed by atoms with Crippen LogP contribution < -0.4 is 21.7 Å². The molecule has 388 valence electrons. The molecule has 0 unspecified atom stereocenters. The molecule has 0 saturated carbocycles. The van der Waals surface area contributed by atoms with E-state index in [0.717, 1.165) is 39.8 Å². The minimum absolute atomic E-state index is 0.00282. The van der Waals surface area contributed by atoms with Crippen LogP contribution in [0.4, 0.5) is 22.7 Å². The number of benzene rings is 4. The molecule has 2 aliphatic rings. The Bertz CT molecular complexity index is 2910. The normalized spacial score (nSPS) is 15.5. The quantitative estimate of drug-likeness (QED) is 0.0148. The number of nitrogen functional groups attached to an aromatic ring is 1. The molecule has 2 aliphatic heterocycles. The Labute approximate surface area is 420 Å². The van der Waals surface area contributed by atoms with Crippen LogP contribution >= 0.6 is 0 Å². The SMILES string of the molecule is Cc1cc(-c2ccc(NC(=O)[C@@H](CCCCNC(=O)CCN3C(=O)C=CC3=O)NC(=O)CN3CCN(COC=O)CCN(CC(=O)O)CC3)c(C)c2)ccc1N=Nc1ccc2c(S(=O)(=O)O)ccc(N)c2c1O. The molecule has 6 rings (SSSR count). The average molecular weight is 1030 g/mol. The fourth-order valence-corrected chi connectivity index (χ4v) is 8.99. The van der Waals surface area contributed by atoms with Gasteiger partial charge < -0.3 is 36.6 Å². The second-order valence-electron chi connectivity index (χ2n) is 17.5. The van der Waals surface area contributed by atoms with E-state index in [9.17, 15) is 56.7 Å². The zero-order valence-electron chi connectivity index (χ0n) is 40.3. The van der Waals surface area contributed by atoms with Gasteiger partial charge >= 0.3 is 5.97 Å². The molecule has 4 aromatic carbocycles. The molecule has 8 N–H and O–H groups in total. The number of unbranched alkanes of at least 4 members (excludes halogenated alkanes) is 1. The number of azo groups is 1. The molecule has 1 atom stereocenters. The monoisotopic (exact) mass is 1030 g/mol. The van der Waals surface area contributed by atoms with Crippen molar-refractivity contribution in [1.82, 2.24) is 30.2 Å². The maximum atomic E-state index is 14.1. The van der Waals surface area contributed by atoms with Gasteiger partial charge in [0.25, 0.3) is 28.4 Å². The van der Waals surface area contributed by atoms with Crippen LogP contribution in [0.2, 0.25) is 0 Å². The molecule has 5 amide bonds. The van der Waals surface area contributed by atoms with Gasteiger partial charge in [-0.2, -0.15) is 13.5 Å². The zero-order valence-corrected chi connectivity index (χ0v) is 41.1. The van der Waals surface area contributed by atoms with Gasteiger partial charge in [0.15, 0.2) is 5.75 Å². The fraction of sp³-hybridized carbons (Fsp3) is 0.367. The number of aromatic hydroxyl groups is 1. The van der Waals surface area contributed by atoms with Crippen LogP contribution in [0.5, 0.6) is 5.75 Å². The zero-order chi connectivity index (χ0) is 52.8. The van der Waals surface area contributed by atoms with Gasteiger partial charge in [0.1, 0.15) is 23.4 Å². The number of hydrogen-bond donors (Lipinski definition) is 7. The van der Waals surface area contributed by atoms with Gasteiger partial charge in [-0.3, -0.25) is 57.7 Å². The van der Waals surface area contributed by atoms with Crippen LogP contribution in [-0.2, 0) is 48.4 Å². The number of fused-ring (bicyclic) bond motifs is 1. The van der Waals surface area contributed by atoms with Crippen LogP contribution in [0.1, 0.15) is 36.8 Å². The molecule has 1 fully saturated rings. The summed E-state index contributed by atoms with van der Waals surface area (Å²) in [5.74, 6) is -3.68. The topological polar surface area (TPSA) is 323 Å². The van der Waals surface area contributed by atoms with Crippen molar-refractivity contribution in [2.45, 2.75) is 50.5 Å². The molecule has 24 heteroatoms. The van der Waals surface area contributed by atoms with Crippen molar-refractivity contribution >= 4 is 85.6 Å². The van der Waals surface area contributed by atoms with Crippen molar-refractivity contribution in [3.63, 3.8) is 0 Å². The van der Waals surface area contributed by atoms with E-state index < -0.39 is 56.4 Å². The molecule has 23 nitrogen and oxygen atoms in total. The lowest BCUT2D eigenvalue weighted by Crippen LogP contribution is -2.49. The maximum absolute atomic E-state index is 14.1. The van der Waals surface area contributed by atoms with Gasteiger partial charge in [-0.25, -0.2) is 0 Å². The van der Waals surface area contributed by atoms with Crippen molar-refractivity contribution in [3.05, 3.63) is 83.9 Å². The molecule has 0 radical (unpaired) electrons. The van der Waals surface area contributed by atoms with Gasteiger partial charge in [0.2, 0.25) is 17.7 Å². The predicted molar refractivity (Wildman–Crippen MR) is 267 cm³/mol. The van der Waals surface area contributed by atoms with Gasteiger partial charge in [0, 0.05) is 87.7 Å². The molecule has 1 saturated heterocycles. The fourth-order valence-electron chi connectivity index (χ4n) is 8.30. The van der Waals surface area contributed by atoms with Gasteiger partial charge in [-0.05, 0) is 97.8 Å². The summed E-state index contributed by atoms with van der Waals surface area (Å²) in [5.41, 5.74) is 10.2. The summed E-state index contributed by atoms with van der Waals surface area (Å²) in [5, 5.41) is 37.6. The number of nitrogens with one attached hydrogen (secondary N) is 3. The number of amides is 5. The number of ether oxygens (including phenoxy) is 1. The Hall–Kier alpha value is -7.64. The van der Waals surface area contributed by atoms with E-state index in [1.807, 2.05) is 47.9 Å². The average Bonchev–Trinajstić information content (AvgIpc) is 3.70. The summed E-state index contributed by atoms with van der Waals surface area (Å²) in [6.45, 7) is 6.16. The van der Waals surface area contributed by atoms with Crippen molar-refractivity contribution in [3.8, 4) is 16.9 Å². The van der Waals surface area contributed by atoms with E-state index in [0.29, 0.717) is 75.5 Å². The van der Waals surface area contributed by atoms with Crippen LogP contribution in [0.25, 0.3) is 21.9 Å². The summed E-state index contributed by atoms with van der Waals surface area (Å²) in [7, 11) is -4.61. The van der Waals surface area contributed by atoms with Crippen molar-refractivity contribution in [2.75, 3.05) is 83.2 Å². The highest BCUT2D eigenvalue weighted by atomic mass is 32.2. The maximum Gasteiger partial charge on any atom is 0.317 e. The highest BCUT2D eigenvalue weighted by Crippen LogP contribution is 2.41. The third kappa shape index (κ3) is 15.2. The first-order valence-corrected chi connectivity index (χ1v) is 24.7. The van der Waals surface area contributed by atoms with Gasteiger partial charge in [-0.1, -0.05) is 18.2 Å². The molecule has 2 heterocycles. The van der Waals surface area contributed by atoms with E-state index in [1.54, 1.807) is 17.0 Å². The molecule has 0 spiro atoms. The first kappa shape index (κ1) is 54.7. The van der Waals surface area contributed by atoms with Crippen LogP contribution in [0.3, 0.4) is 0 Å². The Balaban J connectivity index is 1.12. The van der Waals surface area contributed by atoms with E-state index >= 15 is 0 Å². The molecular weight excluding hydrogens is 969 g/mol. The Morgan fingerprint density at radius 1 is 0.808 bits per heavy atom. The number of phenolic OH excluding ortho intramolecular Hbond substituents is 1. The number of aryl methyl sites for hydroxylation is 2. The number of anilines is 2. The summed E-state index contributed by atoms with van der Waals surface area (Å²) in [4.78, 5) is 92.4. The lowest BCUT2D eigenvalue weighted by molar-refractivity contribution is -0.139. The number of aliphatic carboxylic acids is 1. The van der Waals surface area contributed by atoms with Crippen molar-refractivity contribution in [1.29, 1.82) is 0 Å². The Kier molecular flexibility index (Phi) is 18.8. The van der Waals surface area contributed by atoms with Gasteiger partial charge in [0.05, 0.1) is 24.2 Å². The van der Waals surface area contributed by atoms with E-state index in [1.165, 1.54) is 18.2 Å². The number of hydrogen-bond acceptors (Lipinski definition) is 17. The second-order valence-corrected chi connectivity index (χ2v) is 18.9. The molecule has 4 aromatic rings. The minimum atomic E-state index is -4.61. The molecule has 73 heavy (non-hydrogen) atoms.